The summed E-state index contributed by atoms with van der Waals surface area (Å²) in [5, 5.41) is 10.8. The van der Waals surface area contributed by atoms with Gasteiger partial charge in [-0.15, -0.1) is 0 Å². The molecular formula is C13H25NO. The standard InChI is InChI=1S/C13H25NO/c1-11(2)8-9-13(15,10-11)12(14)6-4-3-5-7-12/h15H,3-10,14H2,1-2H3. The van der Waals surface area contributed by atoms with Crippen LogP contribution in [0, 0.1) is 5.41 Å². The van der Waals surface area contributed by atoms with Gasteiger partial charge in [0, 0.05) is 5.54 Å². The Morgan fingerprint density at radius 1 is 0.933 bits per heavy atom. The zero-order valence-electron chi connectivity index (χ0n) is 10.2. The van der Waals surface area contributed by atoms with E-state index in [9.17, 15) is 5.11 Å². The minimum atomic E-state index is -0.586. The Hall–Kier alpha value is -0.0800. The van der Waals surface area contributed by atoms with Crippen molar-refractivity contribution in [1.82, 2.24) is 0 Å². The molecule has 2 aliphatic carbocycles. The van der Waals surface area contributed by atoms with Crippen LogP contribution in [-0.2, 0) is 0 Å². The topological polar surface area (TPSA) is 46.2 Å². The largest absolute Gasteiger partial charge is 0.388 e. The van der Waals surface area contributed by atoms with Gasteiger partial charge in [0.15, 0.2) is 0 Å². The molecule has 0 aromatic rings. The highest BCUT2D eigenvalue weighted by molar-refractivity contribution is 5.10. The van der Waals surface area contributed by atoms with Crippen molar-refractivity contribution in [1.29, 1.82) is 0 Å². The van der Waals surface area contributed by atoms with Crippen molar-refractivity contribution in [2.75, 3.05) is 0 Å². The third kappa shape index (κ3) is 1.94. The summed E-state index contributed by atoms with van der Waals surface area (Å²) in [5.41, 5.74) is 5.87. The van der Waals surface area contributed by atoms with E-state index in [2.05, 4.69) is 13.8 Å². The second-order valence-corrected chi connectivity index (χ2v) is 6.59. The summed E-state index contributed by atoms with van der Waals surface area (Å²) in [6.45, 7) is 4.49. The van der Waals surface area contributed by atoms with E-state index in [1.807, 2.05) is 0 Å². The predicted molar refractivity (Wildman–Crippen MR) is 62.6 cm³/mol. The Bertz CT molecular complexity index is 243. The quantitative estimate of drug-likeness (QED) is 0.700. The second kappa shape index (κ2) is 3.46. The van der Waals surface area contributed by atoms with Crippen molar-refractivity contribution in [2.45, 2.75) is 76.4 Å². The molecule has 2 heteroatoms. The number of rotatable bonds is 1. The van der Waals surface area contributed by atoms with Crippen LogP contribution in [0.3, 0.4) is 0 Å². The van der Waals surface area contributed by atoms with Crippen LogP contribution < -0.4 is 5.73 Å². The molecule has 0 spiro atoms. The molecule has 2 rings (SSSR count). The van der Waals surface area contributed by atoms with Gasteiger partial charge in [0.05, 0.1) is 5.60 Å². The second-order valence-electron chi connectivity index (χ2n) is 6.59. The lowest BCUT2D eigenvalue weighted by Crippen LogP contribution is -2.60. The molecule has 15 heavy (non-hydrogen) atoms. The van der Waals surface area contributed by atoms with Crippen LogP contribution in [0.4, 0.5) is 0 Å². The van der Waals surface area contributed by atoms with E-state index in [0.717, 1.165) is 32.1 Å². The number of hydrogen-bond donors (Lipinski definition) is 2. The fourth-order valence-corrected chi connectivity index (χ4v) is 3.59. The normalized spacial score (nSPS) is 39.2. The minimum absolute atomic E-state index is 0.276. The summed E-state index contributed by atoms with van der Waals surface area (Å²) in [7, 11) is 0. The first-order valence-electron chi connectivity index (χ1n) is 6.38. The lowest BCUT2D eigenvalue weighted by molar-refractivity contribution is -0.0527. The van der Waals surface area contributed by atoms with Gasteiger partial charge >= 0.3 is 0 Å². The Labute approximate surface area is 93.2 Å². The molecule has 88 valence electrons. The first-order valence-corrected chi connectivity index (χ1v) is 6.38. The van der Waals surface area contributed by atoms with Gasteiger partial charge < -0.3 is 10.8 Å². The van der Waals surface area contributed by atoms with Gasteiger partial charge in [-0.3, -0.25) is 0 Å². The highest BCUT2D eigenvalue weighted by Gasteiger charge is 2.53. The molecule has 1 unspecified atom stereocenters. The molecule has 0 heterocycles. The number of aliphatic hydroxyl groups is 1. The maximum Gasteiger partial charge on any atom is 0.0831 e. The Morgan fingerprint density at radius 2 is 1.53 bits per heavy atom. The maximum atomic E-state index is 10.8. The van der Waals surface area contributed by atoms with Gasteiger partial charge in [-0.05, 0) is 37.5 Å². The van der Waals surface area contributed by atoms with Crippen molar-refractivity contribution >= 4 is 0 Å². The third-order valence-corrected chi connectivity index (χ3v) is 4.66. The summed E-state index contributed by atoms with van der Waals surface area (Å²) in [6.07, 6.45) is 8.60. The van der Waals surface area contributed by atoms with Gasteiger partial charge in [0.1, 0.15) is 0 Å². The van der Waals surface area contributed by atoms with E-state index in [4.69, 9.17) is 5.73 Å². The average molecular weight is 211 g/mol. The van der Waals surface area contributed by atoms with Crippen molar-refractivity contribution in [2.24, 2.45) is 11.1 Å². The van der Waals surface area contributed by atoms with Gasteiger partial charge in [0.25, 0.3) is 0 Å². The van der Waals surface area contributed by atoms with E-state index >= 15 is 0 Å². The maximum absolute atomic E-state index is 10.8. The number of hydrogen-bond acceptors (Lipinski definition) is 2. The molecule has 0 aromatic carbocycles. The van der Waals surface area contributed by atoms with Crippen LogP contribution in [0.5, 0.6) is 0 Å². The Balaban J connectivity index is 2.15. The number of nitrogens with two attached hydrogens (primary N) is 1. The van der Waals surface area contributed by atoms with E-state index < -0.39 is 5.60 Å². The molecule has 0 bridgehead atoms. The molecule has 1 atom stereocenters. The van der Waals surface area contributed by atoms with Crippen molar-refractivity contribution in [3.63, 3.8) is 0 Å². The Kier molecular flexibility index (Phi) is 2.63. The Morgan fingerprint density at radius 3 is 2.00 bits per heavy atom. The summed E-state index contributed by atoms with van der Waals surface area (Å²) >= 11 is 0. The molecule has 0 radical (unpaired) electrons. The molecule has 2 saturated carbocycles. The molecule has 2 aliphatic rings. The van der Waals surface area contributed by atoms with Crippen LogP contribution in [0.25, 0.3) is 0 Å². The monoisotopic (exact) mass is 211 g/mol. The molecule has 0 amide bonds. The van der Waals surface area contributed by atoms with E-state index in [-0.39, 0.29) is 11.0 Å². The third-order valence-electron chi connectivity index (χ3n) is 4.66. The van der Waals surface area contributed by atoms with Gasteiger partial charge in [-0.1, -0.05) is 33.1 Å². The van der Waals surface area contributed by atoms with Gasteiger partial charge in [-0.2, -0.15) is 0 Å². The molecule has 2 nitrogen and oxygen atoms in total. The van der Waals surface area contributed by atoms with Crippen molar-refractivity contribution < 1.29 is 5.11 Å². The zero-order valence-corrected chi connectivity index (χ0v) is 10.2. The van der Waals surface area contributed by atoms with Crippen LogP contribution in [0.2, 0.25) is 0 Å². The SMILES string of the molecule is CC1(C)CCC(O)(C2(N)CCCCC2)C1. The van der Waals surface area contributed by atoms with E-state index in [1.54, 1.807) is 0 Å². The van der Waals surface area contributed by atoms with Crippen molar-refractivity contribution in [3.8, 4) is 0 Å². The lowest BCUT2D eigenvalue weighted by atomic mass is 9.68. The predicted octanol–water partition coefficient (Wildman–Crippen LogP) is 2.59. The molecule has 0 aliphatic heterocycles. The summed E-state index contributed by atoms with van der Waals surface area (Å²) in [4.78, 5) is 0. The highest BCUT2D eigenvalue weighted by atomic mass is 16.3. The minimum Gasteiger partial charge on any atom is -0.388 e. The highest BCUT2D eigenvalue weighted by Crippen LogP contribution is 2.51. The smallest absolute Gasteiger partial charge is 0.0831 e. The fraction of sp³-hybridized carbons (Fsp3) is 1.00. The lowest BCUT2D eigenvalue weighted by Gasteiger charge is -2.46. The van der Waals surface area contributed by atoms with Crippen molar-refractivity contribution in [3.05, 3.63) is 0 Å². The molecule has 2 fully saturated rings. The molecule has 0 aromatic heterocycles. The first kappa shape index (κ1) is 11.4. The summed E-state index contributed by atoms with van der Waals surface area (Å²) in [5.74, 6) is 0. The zero-order chi connectivity index (χ0) is 11.2. The van der Waals surface area contributed by atoms with Crippen LogP contribution in [0.15, 0.2) is 0 Å². The van der Waals surface area contributed by atoms with Gasteiger partial charge in [0.2, 0.25) is 0 Å². The fourth-order valence-electron chi connectivity index (χ4n) is 3.59. The van der Waals surface area contributed by atoms with Crippen LogP contribution >= 0.6 is 0 Å². The van der Waals surface area contributed by atoms with E-state index in [1.165, 1.54) is 19.3 Å². The molecule has 0 saturated heterocycles. The summed E-state index contributed by atoms with van der Waals surface area (Å²) in [6, 6.07) is 0. The van der Waals surface area contributed by atoms with Crippen LogP contribution in [-0.4, -0.2) is 16.2 Å². The van der Waals surface area contributed by atoms with Crippen LogP contribution in [0.1, 0.15) is 65.2 Å². The summed E-state index contributed by atoms with van der Waals surface area (Å²) < 4.78 is 0. The molecule has 3 N–H and O–H groups in total. The average Bonchev–Trinajstić information content (AvgIpc) is 2.44. The van der Waals surface area contributed by atoms with Gasteiger partial charge in [-0.25, -0.2) is 0 Å². The first-order chi connectivity index (χ1) is 6.87. The van der Waals surface area contributed by atoms with E-state index in [0.29, 0.717) is 0 Å². The molecular weight excluding hydrogens is 186 g/mol.